The minimum absolute atomic E-state index is 0.166. The van der Waals surface area contributed by atoms with E-state index in [1.165, 1.54) is 0 Å². The van der Waals surface area contributed by atoms with Gasteiger partial charge in [0.05, 0.1) is 32.9 Å². The molecule has 0 N–H and O–H groups in total. The summed E-state index contributed by atoms with van der Waals surface area (Å²) in [6, 6.07) is 104. The number of furan rings is 3. The molecule has 0 spiro atoms. The van der Waals surface area contributed by atoms with Crippen LogP contribution in [0.1, 0.15) is 32.9 Å². The van der Waals surface area contributed by atoms with E-state index in [9.17, 15) is 16.4 Å². The summed E-state index contributed by atoms with van der Waals surface area (Å²) in [4.78, 5) is 0. The molecule has 0 radical (unpaired) electrons. The second-order valence-electron chi connectivity index (χ2n) is 34.4. The van der Waals surface area contributed by atoms with Gasteiger partial charge in [0, 0.05) is 32.3 Å². The fourth-order valence-corrected chi connectivity index (χ4v) is 20.7. The quantitative estimate of drug-likeness (QED) is 0.135. The highest BCUT2D eigenvalue weighted by Crippen LogP contribution is 2.52. The lowest BCUT2D eigenvalue weighted by Crippen LogP contribution is -1.92. The van der Waals surface area contributed by atoms with Crippen molar-refractivity contribution in [1.29, 1.82) is 0 Å². The van der Waals surface area contributed by atoms with Gasteiger partial charge in [0.2, 0.25) is 0 Å². The van der Waals surface area contributed by atoms with Gasteiger partial charge in [-0.3, -0.25) is 0 Å². The fourth-order valence-electron chi connectivity index (χ4n) is 20.7. The van der Waals surface area contributed by atoms with Crippen LogP contribution in [0, 0.1) is 0 Å². The van der Waals surface area contributed by atoms with E-state index >= 15 is 0 Å². The summed E-state index contributed by atoms with van der Waals surface area (Å²) in [6.07, 6.45) is 0. The van der Waals surface area contributed by atoms with Gasteiger partial charge >= 0.3 is 0 Å². The zero-order valence-corrected chi connectivity index (χ0v) is 72.7. The Hall–Kier alpha value is -18.0. The van der Waals surface area contributed by atoms with E-state index in [1.54, 1.807) is 18.2 Å². The number of hydrogen-bond acceptors (Lipinski definition) is 3. The molecule has 3 nitrogen and oxygen atoms in total. The third kappa shape index (κ3) is 13.3. The van der Waals surface area contributed by atoms with Crippen molar-refractivity contribution < 1.29 is 46.1 Å². The molecule has 0 saturated heterocycles. The van der Waals surface area contributed by atoms with Crippen LogP contribution < -0.4 is 0 Å². The minimum atomic E-state index is -0.439. The lowest BCUT2D eigenvalue weighted by atomic mass is 9.83. The molecule has 0 fully saturated rings. The smallest absolute Gasteiger partial charge is 0.136 e. The van der Waals surface area contributed by atoms with Crippen molar-refractivity contribution in [1.82, 2.24) is 0 Å². The Kier molecular flexibility index (Phi) is 13.7. The summed E-state index contributed by atoms with van der Waals surface area (Å²) >= 11 is 0. The molecular formula is C134H82O3. The molecule has 636 valence electrons. The normalized spacial score (nSPS) is 14.2. The second-order valence-corrected chi connectivity index (χ2v) is 34.4. The number of benzene rings is 26. The first kappa shape index (κ1) is 58.0. The van der Waals surface area contributed by atoms with Crippen LogP contribution in [0.15, 0.2) is 510 Å². The van der Waals surface area contributed by atoms with Crippen molar-refractivity contribution in [2.24, 2.45) is 0 Å². The molecule has 137 heavy (non-hydrogen) atoms. The van der Waals surface area contributed by atoms with Gasteiger partial charge in [-0.15, -0.1) is 0 Å². The Balaban J connectivity index is 0.000000117. The minimum Gasteiger partial charge on any atom is -0.456 e. The molecule has 0 amide bonds. The third-order valence-corrected chi connectivity index (χ3v) is 26.8. The van der Waals surface area contributed by atoms with Crippen molar-refractivity contribution in [3.8, 4) is 100 Å². The summed E-state index contributed by atoms with van der Waals surface area (Å²) in [7, 11) is 0. The van der Waals surface area contributed by atoms with Crippen LogP contribution in [-0.2, 0) is 0 Å². The topological polar surface area (TPSA) is 39.4 Å². The highest BCUT2D eigenvalue weighted by atomic mass is 16.3. The third-order valence-electron chi connectivity index (χ3n) is 26.8. The molecule has 0 aliphatic carbocycles. The molecule has 29 rings (SSSR count). The average molecular weight is 1760 g/mol. The maximum atomic E-state index is 9.48. The van der Waals surface area contributed by atoms with Crippen LogP contribution >= 0.6 is 0 Å². The van der Waals surface area contributed by atoms with Gasteiger partial charge in [0.15, 0.2) is 0 Å². The van der Waals surface area contributed by atoms with E-state index in [0.29, 0.717) is 100 Å². The van der Waals surface area contributed by atoms with E-state index in [0.717, 1.165) is 120 Å². The van der Waals surface area contributed by atoms with E-state index in [1.807, 2.05) is 328 Å². The Labute approximate surface area is 823 Å². The van der Waals surface area contributed by atoms with Gasteiger partial charge < -0.3 is 13.3 Å². The molecule has 3 aromatic heterocycles. The molecule has 29 aromatic rings. The summed E-state index contributed by atoms with van der Waals surface area (Å²) in [5.41, 5.74) is 14.9. The van der Waals surface area contributed by atoms with Crippen molar-refractivity contribution in [3.63, 3.8) is 0 Å². The Morgan fingerprint density at radius 2 is 0.358 bits per heavy atom. The van der Waals surface area contributed by atoms with Crippen molar-refractivity contribution in [2.75, 3.05) is 0 Å². The van der Waals surface area contributed by atoms with Gasteiger partial charge in [0.25, 0.3) is 0 Å². The second kappa shape index (κ2) is 32.5. The fraction of sp³-hybridized carbons (Fsp3) is 0. The maximum Gasteiger partial charge on any atom is 0.136 e. The first-order valence-corrected chi connectivity index (χ1v) is 45.2. The standard InChI is InChI=1S/C48H30O.C46H28O.C40H24O/c1-2-12-31(13-3-1)32-22-24-34(25-23-32)36-15-6-7-17-38(36)47-41-20-10-8-18-39(41)46(40-19-9-11-21-42(40)47)35-27-28-44-43(30-35)48-37-16-5-4-14-33(37)26-29-45(48)49-44;1-2-10-29(11-3-1)31-18-19-33-27-34(21-20-32(33)26-31)44-37-14-6-8-16-39(37)45(40-17-9-7-15-38(40)44)35-23-24-42-41(28-35)46-36-13-5-4-12-30(36)22-25-43(46)47-42;1-2-11-27-23-28(18-17-25(27)9-1)38-31-13-5-7-15-33(31)39(34-16-8-6-14-32(34)38)29-20-21-36-35(24-29)40-30-12-4-3-10-26(30)19-22-37(40)41-36/h1-30H;1-28H;1-24H/i8D,9D,10D,11D,18D,19D,20D,21D;6D,7D,8D,9D,14D,15D,16D,17D;5D,6D,7D,8D,13D,14D,15D,16D. The monoisotopic (exact) mass is 1760 g/mol. The molecule has 0 atom stereocenters. The largest absolute Gasteiger partial charge is 0.456 e. The SMILES string of the molecule is [2H]c1c([2H])c([2H])c2c(-c3ccc4oc5ccc6ccccc6c5c4c3)c3c([2H])c([2H])c([2H])c([2H])c3c(-c3ccc4cc(-c5ccccc5)ccc4c3)c2c1[2H].[2H]c1c([2H])c([2H])c2c(-c3ccc4oc5ccc6ccccc6c5c4c3)c3c([2H])c([2H])c([2H])c([2H])c3c(-c3ccc4ccccc4c3)c2c1[2H].[2H]c1c([2H])c([2H])c2c(-c3ccccc3-c3ccc(-c4ccccc4)cc3)c3c([2H])c([2H])c([2H])c([2H])c3c(-c3ccc4oc5ccc6ccccc6c5c4c3)c2c1[2H]. The van der Waals surface area contributed by atoms with Crippen LogP contribution in [0.2, 0.25) is 0 Å². The van der Waals surface area contributed by atoms with E-state index < -0.39 is 72.5 Å². The lowest BCUT2D eigenvalue weighted by molar-refractivity contribution is 0.669. The number of hydrogen-bond donors (Lipinski definition) is 0. The van der Waals surface area contributed by atoms with Crippen LogP contribution in [0.4, 0.5) is 0 Å². The first-order chi connectivity index (χ1) is 77.9. The Bertz CT molecular complexity index is 11300. The van der Waals surface area contributed by atoms with Gasteiger partial charge in [-0.05, 0) is 291 Å². The van der Waals surface area contributed by atoms with Crippen LogP contribution in [0.5, 0.6) is 0 Å². The zero-order chi connectivity index (χ0) is 111. The van der Waals surface area contributed by atoms with Gasteiger partial charge in [-0.2, -0.15) is 0 Å². The van der Waals surface area contributed by atoms with Crippen molar-refractivity contribution >= 4 is 184 Å². The van der Waals surface area contributed by atoms with Crippen molar-refractivity contribution in [3.05, 3.63) is 497 Å². The number of rotatable bonds is 9. The Morgan fingerprint density at radius 3 is 0.723 bits per heavy atom. The van der Waals surface area contributed by atoms with E-state index in [4.69, 9.17) is 29.7 Å². The average Bonchev–Trinajstić information content (AvgIpc) is 1.71. The summed E-state index contributed by atoms with van der Waals surface area (Å²) in [6.45, 7) is 0. The Morgan fingerprint density at radius 1 is 0.131 bits per heavy atom. The summed E-state index contributed by atoms with van der Waals surface area (Å²) < 4.78 is 237. The molecule has 0 unspecified atom stereocenters. The number of fused-ring (bicyclic) bond motifs is 23. The molecule has 0 saturated carbocycles. The highest BCUT2D eigenvalue weighted by molar-refractivity contribution is 6.29. The van der Waals surface area contributed by atoms with E-state index in [-0.39, 0.29) is 137 Å². The summed E-state index contributed by atoms with van der Waals surface area (Å²) in [5.74, 6) is 0. The molecule has 26 aromatic carbocycles. The van der Waals surface area contributed by atoms with Gasteiger partial charge in [0.1, 0.15) is 33.5 Å². The molecule has 0 aliphatic heterocycles. The molecule has 0 bridgehead atoms. The predicted octanol–water partition coefficient (Wildman–Crippen LogP) is 38.4. The highest BCUT2D eigenvalue weighted by Gasteiger charge is 2.26. The maximum absolute atomic E-state index is 9.48. The van der Waals surface area contributed by atoms with Crippen LogP contribution in [0.25, 0.3) is 284 Å². The first-order valence-electron chi connectivity index (χ1n) is 57.2. The van der Waals surface area contributed by atoms with E-state index in [2.05, 4.69) is 6.07 Å². The van der Waals surface area contributed by atoms with Crippen LogP contribution in [0.3, 0.4) is 0 Å². The molecular weight excluding hydrogens is 1660 g/mol. The molecule has 3 heteroatoms. The molecule has 3 heterocycles. The van der Waals surface area contributed by atoms with Crippen LogP contribution in [-0.4, -0.2) is 0 Å². The lowest BCUT2D eigenvalue weighted by Gasteiger charge is -2.20. The van der Waals surface area contributed by atoms with Crippen molar-refractivity contribution in [2.45, 2.75) is 0 Å². The molecule has 0 aliphatic rings. The van der Waals surface area contributed by atoms with Gasteiger partial charge in [-0.25, -0.2) is 0 Å². The summed E-state index contributed by atoms with van der Waals surface area (Å²) in [5, 5.41) is 16.8. The predicted molar refractivity (Wildman–Crippen MR) is 583 cm³/mol. The zero-order valence-electron chi connectivity index (χ0n) is 96.7. The van der Waals surface area contributed by atoms with Gasteiger partial charge in [-0.1, -0.05) is 424 Å².